The minimum atomic E-state index is -1.79. The lowest BCUT2D eigenvalue weighted by Gasteiger charge is -2.48. The molecule has 3 saturated heterocycles. The molecule has 3 aliphatic heterocycles. The van der Waals surface area contributed by atoms with Crippen molar-refractivity contribution < 1.29 is 87.7 Å². The molecule has 0 aromatic heterocycles. The third-order valence-electron chi connectivity index (χ3n) is 10.9. The van der Waals surface area contributed by atoms with E-state index >= 15 is 0 Å². The zero-order valence-electron chi connectivity index (χ0n) is 38.8. The maximum atomic E-state index is 13.5. The SMILES string of the molecule is CC[C@@H]1O[C@H](OC2[C@@H](CN=[N+]=[N-])O[C@@H](O[C@H]3C(O[C@H]4OC(CNC(=O)OC(C)(C)C)C(O)[C@H](O)C4C)C(NC(=O)OC(C)(C)C)C[C@@H](NC(=O)OC(C)(C)C)C3O)[C@H]2O)C(N)C(O)C1O. The van der Waals surface area contributed by atoms with Crippen LogP contribution in [0.4, 0.5) is 14.4 Å². The Morgan fingerprint density at radius 3 is 1.69 bits per heavy atom. The van der Waals surface area contributed by atoms with Crippen LogP contribution >= 0.6 is 0 Å². The van der Waals surface area contributed by atoms with Crippen molar-refractivity contribution in [2.45, 2.75) is 216 Å². The number of nitrogens with one attached hydrogen (secondary N) is 3. The first-order chi connectivity index (χ1) is 30.0. The molecule has 3 heterocycles. The minimum Gasteiger partial charge on any atom is -0.444 e. The zero-order valence-corrected chi connectivity index (χ0v) is 38.8. The predicted octanol–water partition coefficient (Wildman–Crippen LogP) is -0.119. The molecule has 3 amide bonds. The highest BCUT2D eigenvalue weighted by Gasteiger charge is 2.56. The van der Waals surface area contributed by atoms with Crippen LogP contribution in [0.5, 0.6) is 0 Å². The number of alkyl carbamates (subject to hydrolysis) is 3. The Balaban J connectivity index is 1.74. The lowest BCUT2D eigenvalue weighted by atomic mass is 9.83. The summed E-state index contributed by atoms with van der Waals surface area (Å²) in [6.07, 6.45) is -24.9. The summed E-state index contributed by atoms with van der Waals surface area (Å²) in [6, 6.07) is -3.82. The van der Waals surface area contributed by atoms with Crippen molar-refractivity contribution in [3.63, 3.8) is 0 Å². The van der Waals surface area contributed by atoms with Crippen molar-refractivity contribution in [3.05, 3.63) is 10.4 Å². The number of aliphatic hydroxyl groups excluding tert-OH is 6. The molecule has 19 atom stereocenters. The fraction of sp³-hybridized carbons (Fsp3) is 0.925. The molecular weight excluding hydrogens is 866 g/mol. The topological polar surface area (TPSA) is 367 Å². The third kappa shape index (κ3) is 14.8. The molecule has 0 bridgehead atoms. The maximum absolute atomic E-state index is 13.5. The molecule has 0 aromatic rings. The van der Waals surface area contributed by atoms with Gasteiger partial charge < -0.3 is 95.0 Å². The van der Waals surface area contributed by atoms with Gasteiger partial charge in [-0.1, -0.05) is 19.0 Å². The highest BCUT2D eigenvalue weighted by atomic mass is 16.8. The number of azide groups is 1. The molecule has 374 valence electrons. The number of aliphatic hydroxyl groups is 6. The molecule has 11 N–H and O–H groups in total. The van der Waals surface area contributed by atoms with E-state index < -0.39 is 158 Å². The number of ether oxygens (including phenoxy) is 9. The van der Waals surface area contributed by atoms with Crippen LogP contribution in [0.3, 0.4) is 0 Å². The van der Waals surface area contributed by atoms with Gasteiger partial charge in [0.05, 0.1) is 43.0 Å². The summed E-state index contributed by atoms with van der Waals surface area (Å²) >= 11 is 0. The summed E-state index contributed by atoms with van der Waals surface area (Å²) in [4.78, 5) is 42.0. The lowest BCUT2D eigenvalue weighted by Crippen LogP contribution is -2.68. The summed E-state index contributed by atoms with van der Waals surface area (Å²) in [7, 11) is 0. The summed E-state index contributed by atoms with van der Waals surface area (Å²) in [5, 5.41) is 78.8. The Labute approximate surface area is 377 Å². The van der Waals surface area contributed by atoms with Gasteiger partial charge in [0.1, 0.15) is 71.7 Å². The Hall–Kier alpha value is -3.40. The minimum absolute atomic E-state index is 0.251. The van der Waals surface area contributed by atoms with Crippen LogP contribution in [0.2, 0.25) is 0 Å². The second-order valence-electron chi connectivity index (χ2n) is 19.8. The van der Waals surface area contributed by atoms with E-state index in [9.17, 15) is 50.6 Å². The smallest absolute Gasteiger partial charge is 0.407 e. The Morgan fingerprint density at radius 2 is 1.14 bits per heavy atom. The van der Waals surface area contributed by atoms with E-state index in [1.165, 1.54) is 6.92 Å². The van der Waals surface area contributed by atoms with E-state index in [0.717, 1.165) is 0 Å². The van der Waals surface area contributed by atoms with Gasteiger partial charge in [0.25, 0.3) is 0 Å². The van der Waals surface area contributed by atoms with Crippen LogP contribution in [0.1, 0.15) is 89.0 Å². The van der Waals surface area contributed by atoms with Crippen LogP contribution in [0.15, 0.2) is 5.11 Å². The molecule has 0 aromatic carbocycles. The monoisotopic (exact) mass is 937 g/mol. The van der Waals surface area contributed by atoms with E-state index in [-0.39, 0.29) is 19.4 Å². The molecule has 4 aliphatic rings. The number of carbonyl (C=O) groups is 3. The molecule has 0 radical (unpaired) electrons. The first-order valence-corrected chi connectivity index (χ1v) is 21.8. The summed E-state index contributed by atoms with van der Waals surface area (Å²) < 4.78 is 53.3. The number of hydrogen-bond acceptors (Lipinski definition) is 20. The standard InChI is InChI=1S/C40H71N7O18/c1-12-19-25(50)27(52)22(41)33(57-19)61-30-21(15-44-47-42)59-34(28(30)53)62-31-24(49)17(45-36(55)64-39(6,7)8)13-18(46-37(56)65-40(9,10)11)29(31)60-32-16(2)23(48)26(51)20(58-32)14-43-35(54)63-38(3,4)5/h16-34,48-53H,12-15,41H2,1-11H3,(H,43,54)(H,45,55)(H,46,56)/t16?,17-,18?,19+,20?,21-,22?,23-,24?,25?,26?,27?,28+,29?,30?,31-,32-,33-,34+/m1/s1. The van der Waals surface area contributed by atoms with Crippen molar-refractivity contribution in [3.8, 4) is 0 Å². The van der Waals surface area contributed by atoms with E-state index in [1.807, 2.05) is 0 Å². The van der Waals surface area contributed by atoms with Gasteiger partial charge in [-0.2, -0.15) is 0 Å². The van der Waals surface area contributed by atoms with Crippen molar-refractivity contribution >= 4 is 18.3 Å². The third-order valence-corrected chi connectivity index (χ3v) is 10.9. The number of rotatable bonds is 13. The average molecular weight is 938 g/mol. The Morgan fingerprint density at radius 1 is 0.646 bits per heavy atom. The first-order valence-electron chi connectivity index (χ1n) is 21.8. The van der Waals surface area contributed by atoms with E-state index in [4.69, 9.17) is 48.4 Å². The molecule has 10 unspecified atom stereocenters. The maximum Gasteiger partial charge on any atom is 0.407 e. The number of amides is 3. The molecule has 25 nitrogen and oxygen atoms in total. The molecule has 65 heavy (non-hydrogen) atoms. The fourth-order valence-corrected chi connectivity index (χ4v) is 7.75. The van der Waals surface area contributed by atoms with Gasteiger partial charge in [0, 0.05) is 17.4 Å². The Bertz CT molecular complexity index is 1640. The summed E-state index contributed by atoms with van der Waals surface area (Å²) in [5.74, 6) is -1.01. The van der Waals surface area contributed by atoms with Gasteiger partial charge >= 0.3 is 18.3 Å². The normalized spacial score (nSPS) is 39.1. The van der Waals surface area contributed by atoms with Crippen LogP contribution in [-0.2, 0) is 42.6 Å². The van der Waals surface area contributed by atoms with E-state index in [2.05, 4.69) is 26.0 Å². The van der Waals surface area contributed by atoms with Crippen molar-refractivity contribution in [1.82, 2.24) is 16.0 Å². The van der Waals surface area contributed by atoms with Gasteiger partial charge in [-0.15, -0.1) is 0 Å². The highest BCUT2D eigenvalue weighted by molar-refractivity contribution is 5.69. The highest BCUT2D eigenvalue weighted by Crippen LogP contribution is 2.37. The van der Waals surface area contributed by atoms with Crippen molar-refractivity contribution in [2.24, 2.45) is 16.8 Å². The number of hydrogen-bond donors (Lipinski definition) is 10. The second kappa shape index (κ2) is 22.1. The first kappa shape index (κ1) is 54.2. The van der Waals surface area contributed by atoms with E-state index in [1.54, 1.807) is 69.2 Å². The van der Waals surface area contributed by atoms with Crippen LogP contribution < -0.4 is 21.7 Å². The molecule has 4 rings (SSSR count). The van der Waals surface area contributed by atoms with Gasteiger partial charge in [0.15, 0.2) is 18.9 Å². The quantitative estimate of drug-likeness (QED) is 0.0498. The predicted molar refractivity (Wildman–Crippen MR) is 223 cm³/mol. The van der Waals surface area contributed by atoms with Crippen molar-refractivity contribution in [1.29, 1.82) is 0 Å². The average Bonchev–Trinajstić information content (AvgIpc) is 3.46. The number of carbonyl (C=O) groups excluding carboxylic acids is 3. The zero-order chi connectivity index (χ0) is 48.9. The molecular formula is C40H71N7O18. The van der Waals surface area contributed by atoms with Crippen LogP contribution in [0, 0.1) is 5.92 Å². The van der Waals surface area contributed by atoms with E-state index in [0.29, 0.717) is 0 Å². The fourth-order valence-electron chi connectivity index (χ4n) is 7.75. The van der Waals surface area contributed by atoms with Crippen molar-refractivity contribution in [2.75, 3.05) is 13.1 Å². The van der Waals surface area contributed by atoms with Gasteiger partial charge in [-0.25, -0.2) is 14.4 Å². The summed E-state index contributed by atoms with van der Waals surface area (Å²) in [5.41, 5.74) is 12.6. The van der Waals surface area contributed by atoms with Gasteiger partial charge in [-0.3, -0.25) is 0 Å². The summed E-state index contributed by atoms with van der Waals surface area (Å²) in [6.45, 7) is 17.1. The molecule has 1 saturated carbocycles. The molecule has 25 heteroatoms. The molecule has 4 fully saturated rings. The molecule has 0 spiro atoms. The largest absolute Gasteiger partial charge is 0.444 e. The van der Waals surface area contributed by atoms with Gasteiger partial charge in [0.2, 0.25) is 0 Å². The number of nitrogens with two attached hydrogens (primary N) is 1. The number of nitrogens with zero attached hydrogens (tertiary/aromatic N) is 3. The lowest BCUT2D eigenvalue weighted by molar-refractivity contribution is -0.319. The Kier molecular flexibility index (Phi) is 18.5. The van der Waals surface area contributed by atoms with Crippen LogP contribution in [0.25, 0.3) is 10.4 Å². The second-order valence-corrected chi connectivity index (χ2v) is 19.8. The van der Waals surface area contributed by atoms with Crippen LogP contribution in [-0.4, -0.2) is 189 Å². The molecule has 1 aliphatic carbocycles. The van der Waals surface area contributed by atoms with Gasteiger partial charge in [-0.05, 0) is 80.7 Å².